The van der Waals surface area contributed by atoms with Gasteiger partial charge in [-0.05, 0) is 50.7 Å². The van der Waals surface area contributed by atoms with Crippen LogP contribution in [0.5, 0.6) is 0 Å². The van der Waals surface area contributed by atoms with Crippen LogP contribution >= 0.6 is 23.2 Å². The molecule has 2 aliphatic carbocycles. The lowest BCUT2D eigenvalue weighted by Gasteiger charge is -2.29. The molecule has 2 aliphatic rings. The number of halogens is 3. The van der Waals surface area contributed by atoms with E-state index in [4.69, 9.17) is 33.9 Å². The van der Waals surface area contributed by atoms with Crippen molar-refractivity contribution in [1.82, 2.24) is 19.5 Å². The zero-order valence-electron chi connectivity index (χ0n) is 19.1. The number of carbonyl (C=O) groups is 1. The lowest BCUT2D eigenvalue weighted by Crippen LogP contribution is -2.38. The van der Waals surface area contributed by atoms with Gasteiger partial charge >= 0.3 is 0 Å². The van der Waals surface area contributed by atoms with Crippen molar-refractivity contribution in [2.24, 2.45) is 11.7 Å². The number of aliphatic hydroxyl groups is 1. The summed E-state index contributed by atoms with van der Waals surface area (Å²) in [6, 6.07) is 2.58. The normalized spacial score (nSPS) is 21.2. The summed E-state index contributed by atoms with van der Waals surface area (Å²) >= 11 is 12.2. The van der Waals surface area contributed by atoms with E-state index in [1.54, 1.807) is 6.20 Å². The molecule has 186 valence electrons. The van der Waals surface area contributed by atoms with E-state index >= 15 is 0 Å². The molecule has 0 bridgehead atoms. The highest BCUT2D eigenvalue weighted by Crippen LogP contribution is 2.43. The number of primary amides is 1. The van der Waals surface area contributed by atoms with Crippen molar-refractivity contribution in [3.63, 3.8) is 0 Å². The van der Waals surface area contributed by atoms with Gasteiger partial charge in [-0.15, -0.1) is 0 Å². The molecule has 2 heterocycles. The summed E-state index contributed by atoms with van der Waals surface area (Å²) < 4.78 is 16.7. The molecule has 2 fully saturated rings. The second-order valence-corrected chi connectivity index (χ2v) is 10.2. The Morgan fingerprint density at radius 3 is 2.60 bits per heavy atom. The van der Waals surface area contributed by atoms with Crippen molar-refractivity contribution in [3.8, 4) is 0 Å². The third-order valence-corrected chi connectivity index (χ3v) is 7.78. The maximum Gasteiger partial charge on any atom is 0.227 e. The van der Waals surface area contributed by atoms with Gasteiger partial charge in [-0.1, -0.05) is 23.2 Å². The number of imidazole rings is 1. The van der Waals surface area contributed by atoms with Gasteiger partial charge < -0.3 is 21.1 Å². The van der Waals surface area contributed by atoms with Gasteiger partial charge in [0.2, 0.25) is 17.8 Å². The second kappa shape index (κ2) is 9.07. The average Bonchev–Trinajstić information content (AvgIpc) is 3.55. The first-order chi connectivity index (χ1) is 16.7. The fourth-order valence-corrected chi connectivity index (χ4v) is 5.34. The maximum atomic E-state index is 14.7. The molecule has 9 nitrogen and oxygen atoms in total. The van der Waals surface area contributed by atoms with E-state index < -0.39 is 5.82 Å². The van der Waals surface area contributed by atoms with Gasteiger partial charge in [0.15, 0.2) is 5.65 Å². The summed E-state index contributed by atoms with van der Waals surface area (Å²) in [5.41, 5.74) is 6.34. The minimum Gasteiger partial charge on any atom is -0.394 e. The Bertz CT molecular complexity index is 1270. The molecule has 5 rings (SSSR count). The Balaban J connectivity index is 1.58. The van der Waals surface area contributed by atoms with E-state index in [0.29, 0.717) is 48.7 Å². The lowest BCUT2D eigenvalue weighted by molar-refractivity contribution is -0.122. The fourth-order valence-electron chi connectivity index (χ4n) is 4.83. The number of benzene rings is 1. The number of carbonyl (C=O) groups excluding carboxylic acids is 1. The number of nitrogens with two attached hydrogens (primary N) is 1. The first kappa shape index (κ1) is 24.0. The van der Waals surface area contributed by atoms with E-state index in [1.807, 2.05) is 16.5 Å². The van der Waals surface area contributed by atoms with Crippen molar-refractivity contribution < 1.29 is 14.3 Å². The topological polar surface area (TPSA) is 122 Å². The quantitative estimate of drug-likeness (QED) is 0.425. The van der Waals surface area contributed by atoms with Gasteiger partial charge in [0.25, 0.3) is 0 Å². The fraction of sp³-hybridized carbons (Fsp3) is 0.478. The van der Waals surface area contributed by atoms with Crippen LogP contribution in [0.3, 0.4) is 0 Å². The Hall–Kier alpha value is -2.69. The molecule has 0 radical (unpaired) electrons. The Labute approximate surface area is 211 Å². The number of likely N-dealkylation sites (N-methyl/N-ethyl adjacent to an activating group) is 1. The summed E-state index contributed by atoms with van der Waals surface area (Å²) in [5.74, 6) is -0.238. The molecule has 1 amide bonds. The van der Waals surface area contributed by atoms with Crippen molar-refractivity contribution in [2.75, 3.05) is 23.9 Å². The first-order valence-electron chi connectivity index (χ1n) is 11.5. The summed E-state index contributed by atoms with van der Waals surface area (Å²) in [6.07, 6.45) is 5.98. The molecule has 3 aromatic rings. The van der Waals surface area contributed by atoms with Crippen LogP contribution in [-0.2, 0) is 4.79 Å². The number of fused-ring (bicyclic) bond motifs is 1. The number of anilines is 3. The predicted octanol–water partition coefficient (Wildman–Crippen LogP) is 4.19. The minimum atomic E-state index is -0.608. The van der Waals surface area contributed by atoms with Crippen LogP contribution < -0.4 is 16.0 Å². The summed E-state index contributed by atoms with van der Waals surface area (Å²) in [4.78, 5) is 27.5. The van der Waals surface area contributed by atoms with Crippen molar-refractivity contribution in [2.45, 2.75) is 50.1 Å². The summed E-state index contributed by atoms with van der Waals surface area (Å²) in [6.45, 7) is 0.0163. The number of nitrogens with one attached hydrogen (secondary N) is 1. The number of hydrogen-bond acceptors (Lipinski definition) is 7. The molecule has 0 atom stereocenters. The van der Waals surface area contributed by atoms with Gasteiger partial charge in [0.05, 0.1) is 29.1 Å². The number of amides is 1. The maximum absolute atomic E-state index is 14.7. The standard InChI is InChI=1S/C23H26Cl2FN7O2/c1-32(23(11-34)6-7-23)21-28-10-17-20(31-21)33(14-4-2-12(3-5-14)19(27)35)22(29-17)30-18-15(25)8-13(24)9-16(18)26/h8-10,12,14,34H,2-7,11H2,1H3,(H2,27,35)(H,29,30)/t12-,14+. The molecule has 0 saturated heterocycles. The van der Waals surface area contributed by atoms with Crippen molar-refractivity contribution in [1.29, 1.82) is 0 Å². The van der Waals surface area contributed by atoms with E-state index in [2.05, 4.69) is 15.3 Å². The highest BCUT2D eigenvalue weighted by atomic mass is 35.5. The SMILES string of the molecule is CN(c1ncc2nc(Nc3c(F)cc(Cl)cc3Cl)n([C@H]3CC[C@@H](C(N)=O)CC3)c2n1)C1(CO)CC1. The molecular formula is C23H26Cl2FN7O2. The zero-order valence-corrected chi connectivity index (χ0v) is 20.7. The van der Waals surface area contributed by atoms with Crippen LogP contribution in [0.2, 0.25) is 10.0 Å². The van der Waals surface area contributed by atoms with Crippen LogP contribution in [0.1, 0.15) is 44.6 Å². The average molecular weight is 522 g/mol. The number of aliphatic hydroxyl groups excluding tert-OH is 1. The number of aromatic nitrogens is 4. The van der Waals surface area contributed by atoms with Gasteiger partial charge in [0.1, 0.15) is 11.3 Å². The zero-order chi connectivity index (χ0) is 24.9. The molecule has 0 unspecified atom stereocenters. The van der Waals surface area contributed by atoms with Gasteiger partial charge in [-0.25, -0.2) is 14.4 Å². The molecule has 12 heteroatoms. The monoisotopic (exact) mass is 521 g/mol. The van der Waals surface area contributed by atoms with Gasteiger partial charge in [-0.3, -0.25) is 9.36 Å². The number of rotatable bonds is 7. The number of hydrogen-bond donors (Lipinski definition) is 3. The van der Waals surface area contributed by atoms with E-state index in [0.717, 1.165) is 12.8 Å². The third-order valence-electron chi connectivity index (χ3n) is 7.26. The van der Waals surface area contributed by atoms with Crippen LogP contribution in [0, 0.1) is 11.7 Å². The highest BCUT2D eigenvalue weighted by molar-refractivity contribution is 6.36. The summed E-state index contributed by atoms with van der Waals surface area (Å²) in [7, 11) is 1.87. The molecule has 2 aromatic heterocycles. The molecule has 4 N–H and O–H groups in total. The molecule has 35 heavy (non-hydrogen) atoms. The van der Waals surface area contributed by atoms with Crippen LogP contribution in [0.25, 0.3) is 11.2 Å². The third kappa shape index (κ3) is 4.39. The smallest absolute Gasteiger partial charge is 0.227 e. The predicted molar refractivity (Wildman–Crippen MR) is 133 cm³/mol. The molecule has 0 aliphatic heterocycles. The molecule has 0 spiro atoms. The van der Waals surface area contributed by atoms with Crippen LogP contribution in [0.4, 0.5) is 22.0 Å². The molecule has 2 saturated carbocycles. The van der Waals surface area contributed by atoms with Crippen LogP contribution in [-0.4, -0.2) is 49.7 Å². The van der Waals surface area contributed by atoms with Gasteiger partial charge in [0, 0.05) is 24.0 Å². The molecule has 1 aromatic carbocycles. The largest absolute Gasteiger partial charge is 0.394 e. The Morgan fingerprint density at radius 1 is 1.29 bits per heavy atom. The Kier molecular flexibility index (Phi) is 6.23. The highest BCUT2D eigenvalue weighted by Gasteiger charge is 2.47. The summed E-state index contributed by atoms with van der Waals surface area (Å²) in [5, 5.41) is 13.2. The second-order valence-electron chi connectivity index (χ2n) is 9.40. The first-order valence-corrected chi connectivity index (χ1v) is 12.3. The molecular weight excluding hydrogens is 496 g/mol. The van der Waals surface area contributed by atoms with E-state index in [-0.39, 0.29) is 45.7 Å². The van der Waals surface area contributed by atoms with E-state index in [1.165, 1.54) is 12.1 Å². The number of nitrogens with zero attached hydrogens (tertiary/aromatic N) is 5. The van der Waals surface area contributed by atoms with Crippen molar-refractivity contribution in [3.05, 3.63) is 34.2 Å². The minimum absolute atomic E-state index is 0.0163. The van der Waals surface area contributed by atoms with E-state index in [9.17, 15) is 14.3 Å². The Morgan fingerprint density at radius 2 is 2.00 bits per heavy atom. The van der Waals surface area contributed by atoms with Crippen LogP contribution in [0.15, 0.2) is 18.3 Å². The van der Waals surface area contributed by atoms with Gasteiger partial charge in [-0.2, -0.15) is 4.98 Å². The van der Waals surface area contributed by atoms with Crippen molar-refractivity contribution >= 4 is 57.9 Å². The lowest BCUT2D eigenvalue weighted by atomic mass is 9.85.